The molecule has 7 heteroatoms. The zero-order valence-corrected chi connectivity index (χ0v) is 14.9. The molecular weight excluding hydrogens is 343 g/mol. The van der Waals surface area contributed by atoms with E-state index >= 15 is 0 Å². The molecule has 0 radical (unpaired) electrons. The third kappa shape index (κ3) is 4.00. The van der Waals surface area contributed by atoms with E-state index in [-0.39, 0.29) is 11.6 Å². The summed E-state index contributed by atoms with van der Waals surface area (Å²) in [4.78, 5) is 2.44. The van der Waals surface area contributed by atoms with Crippen molar-refractivity contribution in [2.75, 3.05) is 33.3 Å². The molecule has 3 rings (SSSR count). The van der Waals surface area contributed by atoms with Gasteiger partial charge in [0, 0.05) is 32.7 Å². The van der Waals surface area contributed by atoms with Crippen molar-refractivity contribution in [3.05, 3.63) is 59.9 Å². The Morgan fingerprint density at radius 2 is 1.72 bits per heavy atom. The second kappa shape index (κ2) is 7.51. The summed E-state index contributed by atoms with van der Waals surface area (Å²) >= 11 is 0. The van der Waals surface area contributed by atoms with Gasteiger partial charge in [0.1, 0.15) is 0 Å². The molecule has 0 saturated carbocycles. The molecule has 2 aromatic carbocycles. The number of halogens is 1. The lowest BCUT2D eigenvalue weighted by Gasteiger charge is -2.34. The van der Waals surface area contributed by atoms with E-state index in [4.69, 9.17) is 4.74 Å². The van der Waals surface area contributed by atoms with Gasteiger partial charge in [-0.2, -0.15) is 4.31 Å². The molecule has 1 heterocycles. The van der Waals surface area contributed by atoms with Crippen molar-refractivity contribution in [2.24, 2.45) is 0 Å². The van der Waals surface area contributed by atoms with Crippen molar-refractivity contribution in [1.82, 2.24) is 9.21 Å². The number of piperazine rings is 1. The molecule has 1 aliphatic heterocycles. The number of hydrogen-bond acceptors (Lipinski definition) is 4. The lowest BCUT2D eigenvalue weighted by molar-refractivity contribution is 0.181. The molecule has 1 saturated heterocycles. The molecule has 0 amide bonds. The van der Waals surface area contributed by atoms with E-state index < -0.39 is 10.0 Å². The minimum Gasteiger partial charge on any atom is -0.494 e. The molecule has 0 bridgehead atoms. The summed E-state index contributed by atoms with van der Waals surface area (Å²) in [6.45, 7) is 2.66. The summed E-state index contributed by atoms with van der Waals surface area (Å²) < 4.78 is 45.4. The number of rotatable bonds is 5. The van der Waals surface area contributed by atoms with Crippen molar-refractivity contribution in [1.29, 1.82) is 0 Å². The average molecular weight is 364 g/mol. The van der Waals surface area contributed by atoms with Crippen molar-refractivity contribution in [2.45, 2.75) is 11.4 Å². The van der Waals surface area contributed by atoms with Gasteiger partial charge in [-0.1, -0.05) is 24.3 Å². The monoisotopic (exact) mass is 364 g/mol. The van der Waals surface area contributed by atoms with Crippen LogP contribution in [0.3, 0.4) is 0 Å². The molecule has 1 fully saturated rings. The van der Waals surface area contributed by atoms with Crippen LogP contribution in [0.15, 0.2) is 53.4 Å². The van der Waals surface area contributed by atoms with Gasteiger partial charge in [-0.05, 0) is 29.8 Å². The first-order chi connectivity index (χ1) is 12.0. The molecule has 1 aliphatic rings. The van der Waals surface area contributed by atoms with E-state index in [9.17, 15) is 12.8 Å². The molecule has 25 heavy (non-hydrogen) atoms. The molecule has 5 nitrogen and oxygen atoms in total. The van der Waals surface area contributed by atoms with Crippen molar-refractivity contribution >= 4 is 10.0 Å². The summed E-state index contributed by atoms with van der Waals surface area (Å²) in [5, 5.41) is 0. The number of sulfonamides is 1. The molecule has 134 valence electrons. The predicted octanol–water partition coefficient (Wildman–Crippen LogP) is 2.34. The Kier molecular flexibility index (Phi) is 5.36. The van der Waals surface area contributed by atoms with Gasteiger partial charge < -0.3 is 4.74 Å². The molecule has 2 aromatic rings. The zero-order valence-electron chi connectivity index (χ0n) is 14.1. The third-order valence-electron chi connectivity index (χ3n) is 4.33. The molecule has 0 N–H and O–H groups in total. The SMILES string of the molecule is COc1ccc(CN2CCN(S(=O)(=O)c3ccccc3)CC2)cc1F. The third-order valence-corrected chi connectivity index (χ3v) is 6.25. The minimum absolute atomic E-state index is 0.225. The highest BCUT2D eigenvalue weighted by Gasteiger charge is 2.28. The second-order valence-electron chi connectivity index (χ2n) is 5.96. The fraction of sp³-hybridized carbons (Fsp3) is 0.333. The highest BCUT2D eigenvalue weighted by atomic mass is 32.2. The Morgan fingerprint density at radius 3 is 2.32 bits per heavy atom. The van der Waals surface area contributed by atoms with Crippen LogP contribution in [0.25, 0.3) is 0 Å². The zero-order chi connectivity index (χ0) is 17.9. The van der Waals surface area contributed by atoms with Crippen LogP contribution in [0.2, 0.25) is 0 Å². The van der Waals surface area contributed by atoms with Crippen LogP contribution < -0.4 is 4.74 Å². The lowest BCUT2D eigenvalue weighted by Crippen LogP contribution is -2.48. The molecule has 0 spiro atoms. The van der Waals surface area contributed by atoms with Gasteiger partial charge in [0.2, 0.25) is 10.0 Å². The molecule has 0 aliphatic carbocycles. The summed E-state index contributed by atoms with van der Waals surface area (Å²) in [6, 6.07) is 13.4. The highest BCUT2D eigenvalue weighted by molar-refractivity contribution is 7.89. The van der Waals surface area contributed by atoms with Crippen LogP contribution in [-0.2, 0) is 16.6 Å². The maximum Gasteiger partial charge on any atom is 0.243 e. The Hall–Kier alpha value is -1.96. The van der Waals surface area contributed by atoms with Crippen molar-refractivity contribution < 1.29 is 17.5 Å². The van der Waals surface area contributed by atoms with Crippen molar-refractivity contribution in [3.8, 4) is 5.75 Å². The first kappa shape index (κ1) is 17.8. The predicted molar refractivity (Wildman–Crippen MR) is 93.4 cm³/mol. The van der Waals surface area contributed by atoms with Crippen LogP contribution in [0.1, 0.15) is 5.56 Å². The molecule has 0 atom stereocenters. The first-order valence-electron chi connectivity index (χ1n) is 8.10. The minimum atomic E-state index is -3.44. The summed E-state index contributed by atoms with van der Waals surface area (Å²) in [7, 11) is -2.01. The van der Waals surface area contributed by atoms with Gasteiger partial charge in [0.05, 0.1) is 12.0 Å². The van der Waals surface area contributed by atoms with E-state index in [2.05, 4.69) is 4.90 Å². The fourth-order valence-electron chi connectivity index (χ4n) is 2.94. The standard InChI is InChI=1S/C18H21FN2O3S/c1-24-18-8-7-15(13-17(18)19)14-20-9-11-21(12-10-20)25(22,23)16-5-3-2-4-6-16/h2-8,13H,9-12,14H2,1H3. The van der Waals surface area contributed by atoms with Gasteiger partial charge in [0.25, 0.3) is 0 Å². The fourth-order valence-corrected chi connectivity index (χ4v) is 4.38. The van der Waals surface area contributed by atoms with Gasteiger partial charge in [-0.25, -0.2) is 12.8 Å². The number of benzene rings is 2. The number of hydrogen-bond donors (Lipinski definition) is 0. The Bertz CT molecular complexity index is 819. The molecular formula is C18H21FN2O3S. The largest absolute Gasteiger partial charge is 0.494 e. The molecule has 0 aromatic heterocycles. The highest BCUT2D eigenvalue weighted by Crippen LogP contribution is 2.21. The van der Waals surface area contributed by atoms with Crippen LogP contribution in [0.5, 0.6) is 5.75 Å². The summed E-state index contributed by atoms with van der Waals surface area (Å²) in [5.74, 6) is -0.159. The van der Waals surface area contributed by atoms with E-state index in [1.54, 1.807) is 36.4 Å². The Morgan fingerprint density at radius 1 is 1.04 bits per heavy atom. The van der Waals surface area contributed by atoms with Crippen LogP contribution >= 0.6 is 0 Å². The van der Waals surface area contributed by atoms with E-state index in [0.29, 0.717) is 37.6 Å². The second-order valence-corrected chi connectivity index (χ2v) is 7.90. The maximum atomic E-state index is 13.8. The smallest absolute Gasteiger partial charge is 0.243 e. The normalized spacial score (nSPS) is 16.7. The van der Waals surface area contributed by atoms with Crippen LogP contribution in [-0.4, -0.2) is 50.9 Å². The van der Waals surface area contributed by atoms with Gasteiger partial charge >= 0.3 is 0 Å². The Balaban J connectivity index is 1.61. The van der Waals surface area contributed by atoms with E-state index in [1.807, 2.05) is 6.07 Å². The quantitative estimate of drug-likeness (QED) is 0.817. The van der Waals surface area contributed by atoms with Crippen LogP contribution in [0.4, 0.5) is 4.39 Å². The van der Waals surface area contributed by atoms with Crippen molar-refractivity contribution in [3.63, 3.8) is 0 Å². The number of methoxy groups -OCH3 is 1. The van der Waals surface area contributed by atoms with E-state index in [1.165, 1.54) is 17.5 Å². The number of nitrogens with zero attached hydrogens (tertiary/aromatic N) is 2. The lowest BCUT2D eigenvalue weighted by atomic mass is 10.2. The summed E-state index contributed by atoms with van der Waals surface area (Å²) in [6.07, 6.45) is 0. The maximum absolute atomic E-state index is 13.8. The average Bonchev–Trinajstić information content (AvgIpc) is 2.63. The van der Waals surface area contributed by atoms with Gasteiger partial charge in [-0.15, -0.1) is 0 Å². The van der Waals surface area contributed by atoms with E-state index in [0.717, 1.165) is 5.56 Å². The number of ether oxygens (including phenoxy) is 1. The topological polar surface area (TPSA) is 49.9 Å². The molecule has 0 unspecified atom stereocenters. The summed E-state index contributed by atoms with van der Waals surface area (Å²) in [5.41, 5.74) is 0.845. The van der Waals surface area contributed by atoms with Crippen LogP contribution in [0, 0.1) is 5.82 Å². The van der Waals surface area contributed by atoms with Gasteiger partial charge in [-0.3, -0.25) is 4.90 Å². The Labute approximate surface area is 147 Å². The first-order valence-corrected chi connectivity index (χ1v) is 9.54. The van der Waals surface area contributed by atoms with Gasteiger partial charge in [0.15, 0.2) is 11.6 Å².